The molecule has 2 aromatic heterocycles. The van der Waals surface area contributed by atoms with Crippen LogP contribution in [0.3, 0.4) is 0 Å². The Hall–Kier alpha value is -2.60. The van der Waals surface area contributed by atoms with Gasteiger partial charge in [0.2, 0.25) is 0 Å². The van der Waals surface area contributed by atoms with E-state index in [2.05, 4.69) is 37.0 Å². The number of hydrogen-bond donors (Lipinski definition) is 1. The maximum atomic E-state index is 4.56. The van der Waals surface area contributed by atoms with Gasteiger partial charge >= 0.3 is 0 Å². The summed E-state index contributed by atoms with van der Waals surface area (Å²) in [5, 5.41) is 8.16. The number of hydrogen-bond acceptors (Lipinski definition) is 5. The van der Waals surface area contributed by atoms with Crippen molar-refractivity contribution in [1.82, 2.24) is 30.0 Å². The van der Waals surface area contributed by atoms with Crippen LogP contribution in [0.5, 0.6) is 0 Å². The van der Waals surface area contributed by atoms with E-state index < -0.39 is 0 Å². The average molecular weight is 334 g/mol. The molecule has 0 amide bonds. The molecule has 0 unspecified atom stereocenters. The standard InChI is InChI=1S/C19H22N6/c1-2-17-23-18-9-8-16(13-25(18)24-17)20-10-14-11-21-19(22-12-14)15-6-4-3-5-7-15/h3-7,11-12,16,20H,2,8-10,13H2,1H3/t16-/m1/s1. The summed E-state index contributed by atoms with van der Waals surface area (Å²) in [5.74, 6) is 2.83. The molecular formula is C19H22N6. The van der Waals surface area contributed by atoms with E-state index in [4.69, 9.17) is 0 Å². The van der Waals surface area contributed by atoms with Crippen LogP contribution in [0.4, 0.5) is 0 Å². The van der Waals surface area contributed by atoms with E-state index in [1.165, 1.54) is 0 Å². The molecule has 1 aliphatic rings. The molecule has 1 N–H and O–H groups in total. The molecule has 0 spiro atoms. The van der Waals surface area contributed by atoms with Crippen molar-refractivity contribution in [2.45, 2.75) is 45.3 Å². The van der Waals surface area contributed by atoms with E-state index in [9.17, 15) is 0 Å². The molecule has 6 nitrogen and oxygen atoms in total. The van der Waals surface area contributed by atoms with E-state index in [-0.39, 0.29) is 0 Å². The van der Waals surface area contributed by atoms with Gasteiger partial charge in [0.25, 0.3) is 0 Å². The quantitative estimate of drug-likeness (QED) is 0.776. The molecule has 3 aromatic rings. The Morgan fingerprint density at radius 2 is 1.96 bits per heavy atom. The highest BCUT2D eigenvalue weighted by Crippen LogP contribution is 2.15. The van der Waals surface area contributed by atoms with Gasteiger partial charge in [0.15, 0.2) is 11.6 Å². The van der Waals surface area contributed by atoms with E-state index in [1.54, 1.807) is 0 Å². The minimum atomic E-state index is 0.410. The van der Waals surface area contributed by atoms with Crippen molar-refractivity contribution in [3.8, 4) is 11.4 Å². The molecule has 1 atom stereocenters. The van der Waals surface area contributed by atoms with Crippen LogP contribution >= 0.6 is 0 Å². The zero-order chi connectivity index (χ0) is 17.1. The first-order valence-corrected chi connectivity index (χ1v) is 8.84. The number of fused-ring (bicyclic) bond motifs is 1. The molecule has 0 bridgehead atoms. The molecule has 6 heteroatoms. The third kappa shape index (κ3) is 3.58. The van der Waals surface area contributed by atoms with Crippen LogP contribution in [0.1, 0.15) is 30.6 Å². The predicted molar refractivity (Wildman–Crippen MR) is 95.8 cm³/mol. The van der Waals surface area contributed by atoms with Crippen molar-refractivity contribution in [3.63, 3.8) is 0 Å². The maximum absolute atomic E-state index is 4.56. The van der Waals surface area contributed by atoms with Crippen molar-refractivity contribution in [3.05, 3.63) is 59.9 Å². The molecule has 0 fully saturated rings. The van der Waals surface area contributed by atoms with Crippen molar-refractivity contribution < 1.29 is 0 Å². The lowest BCUT2D eigenvalue weighted by Gasteiger charge is -2.23. The fraction of sp³-hybridized carbons (Fsp3) is 0.368. The van der Waals surface area contributed by atoms with Crippen LogP contribution in [-0.2, 0) is 25.9 Å². The second-order valence-electron chi connectivity index (χ2n) is 6.38. The van der Waals surface area contributed by atoms with Gasteiger partial charge < -0.3 is 5.32 Å². The smallest absolute Gasteiger partial charge is 0.159 e. The lowest BCUT2D eigenvalue weighted by atomic mass is 10.1. The number of nitrogens with one attached hydrogen (secondary N) is 1. The van der Waals surface area contributed by atoms with Crippen molar-refractivity contribution in [2.75, 3.05) is 0 Å². The van der Waals surface area contributed by atoms with Gasteiger partial charge in [-0.1, -0.05) is 37.3 Å². The molecule has 25 heavy (non-hydrogen) atoms. The zero-order valence-corrected chi connectivity index (χ0v) is 14.4. The van der Waals surface area contributed by atoms with Crippen molar-refractivity contribution >= 4 is 0 Å². The minimum Gasteiger partial charge on any atom is -0.308 e. The summed E-state index contributed by atoms with van der Waals surface area (Å²) in [4.78, 5) is 13.5. The van der Waals surface area contributed by atoms with Gasteiger partial charge in [-0.2, -0.15) is 5.10 Å². The second-order valence-corrected chi connectivity index (χ2v) is 6.38. The van der Waals surface area contributed by atoms with E-state index in [0.717, 1.165) is 61.0 Å². The summed E-state index contributed by atoms with van der Waals surface area (Å²) in [5.41, 5.74) is 2.14. The molecule has 1 aliphatic heterocycles. The van der Waals surface area contributed by atoms with Gasteiger partial charge in [-0.15, -0.1) is 0 Å². The maximum Gasteiger partial charge on any atom is 0.159 e. The van der Waals surface area contributed by atoms with Crippen LogP contribution in [0, 0.1) is 0 Å². The fourth-order valence-electron chi connectivity index (χ4n) is 3.12. The molecule has 0 aliphatic carbocycles. The summed E-state index contributed by atoms with van der Waals surface area (Å²) < 4.78 is 2.05. The van der Waals surface area contributed by atoms with Crippen LogP contribution in [0.25, 0.3) is 11.4 Å². The Morgan fingerprint density at radius 1 is 1.16 bits per heavy atom. The number of benzene rings is 1. The molecule has 0 saturated carbocycles. The summed E-state index contributed by atoms with van der Waals surface area (Å²) in [6.45, 7) is 3.74. The Morgan fingerprint density at radius 3 is 2.72 bits per heavy atom. The Kier molecular flexibility index (Phi) is 4.52. The van der Waals surface area contributed by atoms with Crippen LogP contribution < -0.4 is 5.32 Å². The topological polar surface area (TPSA) is 68.5 Å². The summed E-state index contributed by atoms with van der Waals surface area (Å²) in [6, 6.07) is 10.5. The Bertz CT molecular complexity index is 825. The van der Waals surface area contributed by atoms with E-state index in [0.29, 0.717) is 6.04 Å². The normalized spacial score (nSPS) is 16.6. The number of aryl methyl sites for hydroxylation is 2. The zero-order valence-electron chi connectivity index (χ0n) is 14.4. The SMILES string of the molecule is CCc1nc2n(n1)C[C@H](NCc1cnc(-c3ccccc3)nc1)CC2. The first-order chi connectivity index (χ1) is 12.3. The first-order valence-electron chi connectivity index (χ1n) is 8.84. The van der Waals surface area contributed by atoms with E-state index >= 15 is 0 Å². The van der Waals surface area contributed by atoms with Gasteiger partial charge in [0.05, 0.1) is 6.54 Å². The van der Waals surface area contributed by atoms with Crippen LogP contribution in [0.2, 0.25) is 0 Å². The van der Waals surface area contributed by atoms with Crippen LogP contribution in [0.15, 0.2) is 42.7 Å². The minimum absolute atomic E-state index is 0.410. The van der Waals surface area contributed by atoms with Gasteiger partial charge in [-0.3, -0.25) is 0 Å². The molecule has 128 valence electrons. The van der Waals surface area contributed by atoms with Crippen LogP contribution in [-0.4, -0.2) is 30.8 Å². The summed E-state index contributed by atoms with van der Waals surface area (Å²) >= 11 is 0. The first kappa shape index (κ1) is 15.9. The molecule has 4 rings (SSSR count). The van der Waals surface area contributed by atoms with Crippen molar-refractivity contribution in [1.29, 1.82) is 0 Å². The summed E-state index contributed by atoms with van der Waals surface area (Å²) in [6.07, 6.45) is 6.77. The van der Waals surface area contributed by atoms with Gasteiger partial charge in [-0.05, 0) is 6.42 Å². The lowest BCUT2D eigenvalue weighted by molar-refractivity contribution is 0.357. The molecule has 1 aromatic carbocycles. The molecular weight excluding hydrogens is 312 g/mol. The third-order valence-electron chi connectivity index (χ3n) is 4.55. The lowest BCUT2D eigenvalue weighted by Crippen LogP contribution is -2.37. The van der Waals surface area contributed by atoms with Crippen molar-refractivity contribution in [2.24, 2.45) is 0 Å². The number of nitrogens with zero attached hydrogens (tertiary/aromatic N) is 5. The largest absolute Gasteiger partial charge is 0.308 e. The Labute approximate surface area is 147 Å². The van der Waals surface area contributed by atoms with Gasteiger partial charge in [-0.25, -0.2) is 19.6 Å². The number of rotatable bonds is 5. The Balaban J connectivity index is 1.36. The highest BCUT2D eigenvalue weighted by atomic mass is 15.4. The number of aromatic nitrogens is 5. The molecule has 0 saturated heterocycles. The molecule has 0 radical (unpaired) electrons. The monoisotopic (exact) mass is 334 g/mol. The van der Waals surface area contributed by atoms with Gasteiger partial charge in [0.1, 0.15) is 5.82 Å². The molecule has 3 heterocycles. The predicted octanol–water partition coefficient (Wildman–Crippen LogP) is 2.40. The third-order valence-corrected chi connectivity index (χ3v) is 4.55. The summed E-state index contributed by atoms with van der Waals surface area (Å²) in [7, 11) is 0. The highest BCUT2D eigenvalue weighted by molar-refractivity contribution is 5.53. The van der Waals surface area contributed by atoms with Gasteiger partial charge in [0, 0.05) is 48.9 Å². The van der Waals surface area contributed by atoms with E-state index in [1.807, 2.05) is 42.7 Å². The fourth-order valence-corrected chi connectivity index (χ4v) is 3.12. The second kappa shape index (κ2) is 7.11. The average Bonchev–Trinajstić information content (AvgIpc) is 3.10. The highest BCUT2D eigenvalue weighted by Gasteiger charge is 2.20.